The Bertz CT molecular complexity index is 715. The third-order valence-corrected chi connectivity index (χ3v) is 5.00. The SMILES string of the molecule is C=CC(=O)Oc1ccccc1-c1ccc(C(CCC)CCCCCC)cc1. The fourth-order valence-electron chi connectivity index (χ4n) is 3.52. The molecule has 0 bridgehead atoms. The van der Waals surface area contributed by atoms with E-state index >= 15 is 0 Å². The lowest BCUT2D eigenvalue weighted by Crippen LogP contribution is -2.04. The number of esters is 1. The van der Waals surface area contributed by atoms with Gasteiger partial charge in [-0.25, -0.2) is 4.79 Å². The minimum atomic E-state index is -0.436. The number of benzene rings is 2. The van der Waals surface area contributed by atoms with Gasteiger partial charge >= 0.3 is 5.97 Å². The molecule has 144 valence electrons. The van der Waals surface area contributed by atoms with Crippen LogP contribution in [0.25, 0.3) is 11.1 Å². The highest BCUT2D eigenvalue weighted by Gasteiger charge is 2.12. The molecule has 0 saturated carbocycles. The Labute approximate surface area is 164 Å². The van der Waals surface area contributed by atoms with E-state index in [1.807, 2.05) is 24.3 Å². The molecule has 0 aliphatic heterocycles. The van der Waals surface area contributed by atoms with Gasteiger partial charge in [-0.2, -0.15) is 0 Å². The predicted octanol–water partition coefficient (Wildman–Crippen LogP) is 7.30. The number of unbranched alkanes of at least 4 members (excludes halogenated alkanes) is 3. The van der Waals surface area contributed by atoms with Crippen LogP contribution >= 0.6 is 0 Å². The lowest BCUT2D eigenvalue weighted by atomic mass is 9.88. The van der Waals surface area contributed by atoms with Gasteiger partial charge in [-0.05, 0) is 36.0 Å². The Kier molecular flexibility index (Phi) is 8.83. The fourth-order valence-corrected chi connectivity index (χ4v) is 3.52. The zero-order chi connectivity index (χ0) is 19.5. The van der Waals surface area contributed by atoms with E-state index in [4.69, 9.17) is 4.74 Å². The van der Waals surface area contributed by atoms with Gasteiger partial charge in [0.15, 0.2) is 0 Å². The van der Waals surface area contributed by atoms with E-state index in [2.05, 4.69) is 44.7 Å². The van der Waals surface area contributed by atoms with E-state index in [0.717, 1.165) is 11.1 Å². The first-order valence-electron chi connectivity index (χ1n) is 10.2. The molecule has 2 rings (SSSR count). The van der Waals surface area contributed by atoms with E-state index in [1.54, 1.807) is 0 Å². The van der Waals surface area contributed by atoms with Crippen LogP contribution in [0, 0.1) is 0 Å². The third kappa shape index (κ3) is 6.39. The summed E-state index contributed by atoms with van der Waals surface area (Å²) in [7, 11) is 0. The Balaban J connectivity index is 2.15. The molecule has 0 aromatic heterocycles. The van der Waals surface area contributed by atoms with Gasteiger partial charge in [-0.15, -0.1) is 0 Å². The van der Waals surface area contributed by atoms with Crippen molar-refractivity contribution in [2.24, 2.45) is 0 Å². The van der Waals surface area contributed by atoms with Gasteiger partial charge in [0.1, 0.15) is 5.75 Å². The molecule has 0 N–H and O–H groups in total. The van der Waals surface area contributed by atoms with Gasteiger partial charge in [-0.3, -0.25) is 0 Å². The third-order valence-electron chi connectivity index (χ3n) is 5.00. The Morgan fingerprint density at radius 2 is 1.70 bits per heavy atom. The maximum absolute atomic E-state index is 11.6. The summed E-state index contributed by atoms with van der Waals surface area (Å²) >= 11 is 0. The van der Waals surface area contributed by atoms with Crippen LogP contribution in [-0.4, -0.2) is 5.97 Å². The molecular weight excluding hydrogens is 332 g/mol. The summed E-state index contributed by atoms with van der Waals surface area (Å²) in [5.41, 5.74) is 3.40. The standard InChI is InChI=1S/C25H32O2/c1-4-7-8-9-13-20(12-5-2)21-16-18-22(19-17-21)23-14-10-11-15-24(23)27-25(26)6-3/h6,10-11,14-20H,3-5,7-9,12-13H2,1-2H3. The van der Waals surface area contributed by atoms with Crippen LogP contribution in [0.1, 0.15) is 70.3 Å². The van der Waals surface area contributed by atoms with Crippen molar-refractivity contribution in [1.29, 1.82) is 0 Å². The van der Waals surface area contributed by atoms with Crippen molar-refractivity contribution in [2.75, 3.05) is 0 Å². The molecule has 0 spiro atoms. The van der Waals surface area contributed by atoms with Gasteiger partial charge in [0.2, 0.25) is 0 Å². The predicted molar refractivity (Wildman–Crippen MR) is 114 cm³/mol. The average molecular weight is 365 g/mol. The van der Waals surface area contributed by atoms with Gasteiger partial charge in [0, 0.05) is 11.6 Å². The number of ether oxygens (including phenoxy) is 1. The molecule has 1 unspecified atom stereocenters. The molecule has 0 heterocycles. The normalized spacial score (nSPS) is 11.8. The number of para-hydroxylation sites is 1. The molecule has 2 nitrogen and oxygen atoms in total. The lowest BCUT2D eigenvalue weighted by Gasteiger charge is -2.17. The Morgan fingerprint density at radius 3 is 2.37 bits per heavy atom. The van der Waals surface area contributed by atoms with Crippen LogP contribution in [0.2, 0.25) is 0 Å². The lowest BCUT2D eigenvalue weighted by molar-refractivity contribution is -0.128. The first-order valence-corrected chi connectivity index (χ1v) is 10.2. The molecule has 0 aliphatic rings. The quantitative estimate of drug-likeness (QED) is 0.181. The average Bonchev–Trinajstić information content (AvgIpc) is 2.71. The van der Waals surface area contributed by atoms with E-state index in [0.29, 0.717) is 11.7 Å². The number of hydrogen-bond donors (Lipinski definition) is 0. The first kappa shape index (κ1) is 21.0. The van der Waals surface area contributed by atoms with Crippen LogP contribution in [0.15, 0.2) is 61.2 Å². The zero-order valence-corrected chi connectivity index (χ0v) is 16.7. The molecule has 0 fully saturated rings. The molecule has 27 heavy (non-hydrogen) atoms. The minimum Gasteiger partial charge on any atom is -0.423 e. The molecule has 0 amide bonds. The van der Waals surface area contributed by atoms with Crippen LogP contribution < -0.4 is 4.74 Å². The summed E-state index contributed by atoms with van der Waals surface area (Å²) in [4.78, 5) is 11.6. The summed E-state index contributed by atoms with van der Waals surface area (Å²) < 4.78 is 5.38. The molecule has 1 atom stereocenters. The van der Waals surface area contributed by atoms with Crippen LogP contribution in [0.4, 0.5) is 0 Å². The van der Waals surface area contributed by atoms with Crippen molar-refractivity contribution in [3.63, 3.8) is 0 Å². The second kappa shape index (κ2) is 11.4. The highest BCUT2D eigenvalue weighted by atomic mass is 16.5. The van der Waals surface area contributed by atoms with Crippen LogP contribution in [0.3, 0.4) is 0 Å². The summed E-state index contributed by atoms with van der Waals surface area (Å²) in [5.74, 6) is 0.767. The van der Waals surface area contributed by atoms with Crippen molar-refractivity contribution in [3.05, 3.63) is 66.7 Å². The molecular formula is C25H32O2. The highest BCUT2D eigenvalue weighted by Crippen LogP contribution is 2.33. The van der Waals surface area contributed by atoms with Gasteiger partial charge in [0.05, 0.1) is 0 Å². The summed E-state index contributed by atoms with van der Waals surface area (Å²) in [5, 5.41) is 0. The number of rotatable bonds is 11. The fraction of sp³-hybridized carbons (Fsp3) is 0.400. The van der Waals surface area contributed by atoms with Crippen molar-refractivity contribution in [1.82, 2.24) is 0 Å². The van der Waals surface area contributed by atoms with E-state index < -0.39 is 5.97 Å². The van der Waals surface area contributed by atoms with E-state index in [1.165, 1.54) is 56.6 Å². The second-order valence-electron chi connectivity index (χ2n) is 7.08. The maximum Gasteiger partial charge on any atom is 0.335 e. The topological polar surface area (TPSA) is 26.3 Å². The monoisotopic (exact) mass is 364 g/mol. The van der Waals surface area contributed by atoms with Crippen molar-refractivity contribution in [2.45, 2.75) is 64.7 Å². The van der Waals surface area contributed by atoms with Crippen molar-refractivity contribution >= 4 is 5.97 Å². The largest absolute Gasteiger partial charge is 0.423 e. The summed E-state index contributed by atoms with van der Waals surface area (Å²) in [6.07, 6.45) is 10.1. The first-order chi connectivity index (χ1) is 13.2. The molecule has 0 aliphatic carbocycles. The number of carbonyl (C=O) groups is 1. The minimum absolute atomic E-state index is 0.436. The Hall–Kier alpha value is -2.35. The number of carbonyl (C=O) groups excluding carboxylic acids is 1. The molecule has 2 heteroatoms. The van der Waals surface area contributed by atoms with Crippen LogP contribution in [-0.2, 0) is 4.79 Å². The van der Waals surface area contributed by atoms with Gasteiger partial charge in [-0.1, -0.05) is 95.0 Å². The summed E-state index contributed by atoms with van der Waals surface area (Å²) in [6.45, 7) is 7.99. The van der Waals surface area contributed by atoms with Gasteiger partial charge < -0.3 is 4.74 Å². The smallest absolute Gasteiger partial charge is 0.335 e. The van der Waals surface area contributed by atoms with Crippen LogP contribution in [0.5, 0.6) is 5.75 Å². The Morgan fingerprint density at radius 1 is 0.963 bits per heavy atom. The van der Waals surface area contributed by atoms with E-state index in [9.17, 15) is 4.79 Å². The zero-order valence-electron chi connectivity index (χ0n) is 16.7. The van der Waals surface area contributed by atoms with E-state index in [-0.39, 0.29) is 0 Å². The maximum atomic E-state index is 11.6. The van der Waals surface area contributed by atoms with Crippen molar-refractivity contribution in [3.8, 4) is 16.9 Å². The highest BCUT2D eigenvalue weighted by molar-refractivity contribution is 5.85. The molecule has 0 saturated heterocycles. The second-order valence-corrected chi connectivity index (χ2v) is 7.08. The molecule has 2 aromatic rings. The van der Waals surface area contributed by atoms with Gasteiger partial charge in [0.25, 0.3) is 0 Å². The number of hydrogen-bond acceptors (Lipinski definition) is 2. The molecule has 0 radical (unpaired) electrons. The van der Waals surface area contributed by atoms with Crippen molar-refractivity contribution < 1.29 is 9.53 Å². The molecule has 2 aromatic carbocycles. The summed E-state index contributed by atoms with van der Waals surface area (Å²) in [6, 6.07) is 16.4.